The van der Waals surface area contributed by atoms with Gasteiger partial charge in [0, 0.05) is 49.4 Å². The van der Waals surface area contributed by atoms with Crippen LogP contribution >= 0.6 is 52.5 Å². The van der Waals surface area contributed by atoms with Crippen LogP contribution in [0.15, 0.2) is 80.3 Å². The predicted molar refractivity (Wildman–Crippen MR) is 276 cm³/mol. The predicted octanol–water partition coefficient (Wildman–Crippen LogP) is 5.60. The summed E-state index contributed by atoms with van der Waals surface area (Å²) in [5.74, 6) is -2.00. The molecule has 2 aromatic carbocycles. The maximum atomic E-state index is 11.5. The number of carboxylic acid groups (broad SMARTS) is 2. The summed E-state index contributed by atoms with van der Waals surface area (Å²) in [4.78, 5) is 69.6. The number of esters is 1. The van der Waals surface area contributed by atoms with Gasteiger partial charge in [0.1, 0.15) is 24.3 Å². The van der Waals surface area contributed by atoms with Crippen LogP contribution in [-0.4, -0.2) is 108 Å². The zero-order valence-corrected chi connectivity index (χ0v) is 43.2. The minimum atomic E-state index is -0.983. The van der Waals surface area contributed by atoms with Gasteiger partial charge in [-0.2, -0.15) is 15.8 Å². The van der Waals surface area contributed by atoms with Gasteiger partial charge in [0.05, 0.1) is 82.8 Å². The summed E-state index contributed by atoms with van der Waals surface area (Å²) in [6, 6.07) is 22.0. The second kappa shape index (κ2) is 38.6. The van der Waals surface area contributed by atoms with E-state index in [1.54, 1.807) is 63.2 Å². The fourth-order valence-corrected chi connectivity index (χ4v) is 6.74. The molecule has 4 aromatic rings. The fourth-order valence-electron chi connectivity index (χ4n) is 4.98. The van der Waals surface area contributed by atoms with E-state index in [1.807, 2.05) is 12.1 Å². The van der Waals surface area contributed by atoms with E-state index in [2.05, 4.69) is 72.2 Å². The van der Waals surface area contributed by atoms with Gasteiger partial charge in [0.2, 0.25) is 11.1 Å². The summed E-state index contributed by atoms with van der Waals surface area (Å²) < 4.78 is 14.5. The highest BCUT2D eigenvalue weighted by Crippen LogP contribution is 2.25. The molecule has 0 spiro atoms. The number of aromatic carboxylic acids is 2. The number of thiocarbonyl (C=S) groups is 1. The molecule has 2 aliphatic rings. The zero-order valence-electron chi connectivity index (χ0n) is 39.1. The summed E-state index contributed by atoms with van der Waals surface area (Å²) in [5.41, 5.74) is 8.91. The summed E-state index contributed by atoms with van der Waals surface area (Å²) in [5, 5.41) is 50.9. The average Bonchev–Trinajstić information content (AvgIpc) is 3.33. The number of carbonyl (C=O) groups is 4. The third-order valence-corrected chi connectivity index (χ3v) is 10.4. The first kappa shape index (κ1) is 63.8. The first-order valence-electron chi connectivity index (χ1n) is 21.0. The Balaban J connectivity index is 0.000000841. The van der Waals surface area contributed by atoms with E-state index < -0.39 is 17.9 Å². The van der Waals surface area contributed by atoms with Gasteiger partial charge in [-0.05, 0) is 74.2 Å². The lowest BCUT2D eigenvalue weighted by Gasteiger charge is -2.10. The van der Waals surface area contributed by atoms with Crippen LogP contribution in [0.1, 0.15) is 80.8 Å². The Bertz CT molecular complexity index is 2490. The number of H-pyrrole nitrogens is 2. The monoisotopic (exact) mass is 1080 g/mol. The molecule has 6 rings (SSSR count). The van der Waals surface area contributed by atoms with Gasteiger partial charge in [0.15, 0.2) is 0 Å². The number of rotatable bonds is 10. The first-order valence-corrected chi connectivity index (χ1v) is 24.0. The van der Waals surface area contributed by atoms with E-state index in [-0.39, 0.29) is 40.3 Å². The Labute approximate surface area is 429 Å². The number of morpholine rings is 2. The van der Waals surface area contributed by atoms with Gasteiger partial charge in [-0.25, -0.2) is 9.59 Å². The van der Waals surface area contributed by atoms with Crippen molar-refractivity contribution in [3.63, 3.8) is 0 Å². The number of aromatic nitrogens is 2. The molecule has 70 heavy (non-hydrogen) atoms. The molecule has 23 heteroatoms. The highest BCUT2D eigenvalue weighted by molar-refractivity contribution is 9.08. The molecule has 0 bridgehead atoms. The van der Waals surface area contributed by atoms with Crippen LogP contribution in [0.5, 0.6) is 0 Å². The van der Waals surface area contributed by atoms with Crippen LogP contribution in [0.3, 0.4) is 0 Å². The Morgan fingerprint density at radius 1 is 0.814 bits per heavy atom. The standard InChI is InChI=1S/C15H12N2O3S.C8H7BrO2.C7H6N2OS.C6H10O3.2C4H9NO.C3H4N2S/c1-9-5-13(18)17-14(12(9)7-16)21-8-10-3-2-4-11(6-10)15(19)20;9-5-6-2-1-3-7(4-6)8(10)11;1-4-2-6(10)9-7(11)5(4)3-8;1-3-9-6(8)4-5(2)7;2*1-3-6-4-2-5-1;4-2-1-3(5)6/h2-6H,8H2,1H3,(H,17,18)(H,19,20);1-4H,5H2,(H,10,11);2H,1H3,(H2,9,10,11);3-4H2,1-2H3;2*5H,1-4H2;1H2,(H2,5,6). The fraction of sp³-hybridized carbons (Fsp3) is 0.362. The van der Waals surface area contributed by atoms with Gasteiger partial charge in [0.25, 0.3) is 0 Å². The number of pyridine rings is 2. The molecule has 0 amide bonds. The Kier molecular flexibility index (Phi) is 35.2. The van der Waals surface area contributed by atoms with E-state index in [0.29, 0.717) is 55.6 Å². The summed E-state index contributed by atoms with van der Waals surface area (Å²) >= 11 is 12.8. The molecule has 8 N–H and O–H groups in total. The number of hydrogen-bond acceptors (Lipinski definition) is 17. The number of thioether (sulfide) groups is 1. The van der Waals surface area contributed by atoms with Gasteiger partial charge in [-0.3, -0.25) is 19.2 Å². The number of halogens is 1. The number of alkyl halides is 1. The largest absolute Gasteiger partial charge is 0.478 e. The van der Waals surface area contributed by atoms with Crippen LogP contribution in [0.25, 0.3) is 0 Å². The molecular weight excluding hydrogens is 1030 g/mol. The van der Waals surface area contributed by atoms with Crippen molar-refractivity contribution < 1.29 is 43.6 Å². The number of nitrogens with zero attached hydrogens (tertiary/aromatic N) is 3. The number of Topliss-reactive ketones (excluding diaryl/α,β-unsaturated/α-hetero) is 1. The Morgan fingerprint density at radius 2 is 1.29 bits per heavy atom. The number of nitriles is 3. The molecule has 0 saturated carbocycles. The number of aromatic amines is 2. The van der Waals surface area contributed by atoms with Crippen LogP contribution in [0.2, 0.25) is 0 Å². The molecule has 4 heterocycles. The van der Waals surface area contributed by atoms with Crippen molar-refractivity contribution in [3.8, 4) is 18.2 Å². The molecule has 2 fully saturated rings. The summed E-state index contributed by atoms with van der Waals surface area (Å²) in [7, 11) is 0. The summed E-state index contributed by atoms with van der Waals surface area (Å²) in [6.45, 7) is 14.5. The van der Waals surface area contributed by atoms with Crippen molar-refractivity contribution in [1.29, 1.82) is 15.8 Å². The lowest BCUT2D eigenvalue weighted by Crippen LogP contribution is -2.30. The van der Waals surface area contributed by atoms with E-state index in [4.69, 9.17) is 41.2 Å². The molecule has 0 aliphatic carbocycles. The van der Waals surface area contributed by atoms with Crippen LogP contribution in [0, 0.1) is 47.8 Å². The van der Waals surface area contributed by atoms with Crippen LogP contribution in [-0.2, 0) is 34.9 Å². The minimum Gasteiger partial charge on any atom is -0.478 e. The number of hydrogen-bond donors (Lipinski definition) is 8. The Morgan fingerprint density at radius 3 is 1.64 bits per heavy atom. The van der Waals surface area contributed by atoms with Gasteiger partial charge in [-0.1, -0.05) is 52.4 Å². The van der Waals surface area contributed by atoms with Crippen molar-refractivity contribution in [2.75, 3.05) is 59.2 Å². The maximum Gasteiger partial charge on any atom is 0.335 e. The number of benzene rings is 2. The third-order valence-electron chi connectivity index (χ3n) is 8.18. The lowest BCUT2D eigenvalue weighted by atomic mass is 10.1. The SMILES string of the molecule is C1COCCN1.C1COCCN1.CCOC(=O)CC(C)=O.Cc1cc(=O)[nH]c(S)c1C#N.Cc1cc(=O)[nH]c(SCc2cccc(C(=O)O)c2)c1C#N.N#CCC(N)=S.O=C(O)c1cccc(CBr)c1. The minimum absolute atomic E-state index is 0.103. The zero-order chi connectivity index (χ0) is 52.9. The average molecular weight is 1090 g/mol. The van der Waals surface area contributed by atoms with Crippen LogP contribution < -0.4 is 27.5 Å². The topological polar surface area (TPSA) is 324 Å². The second-order valence-electron chi connectivity index (χ2n) is 13.9. The van der Waals surface area contributed by atoms with Crippen molar-refractivity contribution in [3.05, 3.63) is 126 Å². The van der Waals surface area contributed by atoms with Crippen molar-refractivity contribution >= 4 is 81.2 Å². The summed E-state index contributed by atoms with van der Waals surface area (Å²) in [6.07, 6.45) is 0.0865. The molecule has 0 radical (unpaired) electrons. The smallest absolute Gasteiger partial charge is 0.335 e. The van der Waals surface area contributed by atoms with Crippen molar-refractivity contribution in [2.45, 2.75) is 61.7 Å². The number of nitrogens with one attached hydrogen (secondary N) is 4. The number of ether oxygens (including phenoxy) is 3. The number of nitrogens with two attached hydrogens (primary N) is 1. The lowest BCUT2D eigenvalue weighted by molar-refractivity contribution is -0.145. The number of carbonyl (C=O) groups excluding carboxylic acids is 2. The number of carboxylic acids is 2. The van der Waals surface area contributed by atoms with Gasteiger partial charge in [-0.15, -0.1) is 24.4 Å². The molecule has 2 aromatic heterocycles. The number of thiol groups is 1. The quantitative estimate of drug-likeness (QED) is 0.0239. The molecule has 2 aliphatic heterocycles. The molecular formula is C47H57BrN8O11S3. The Hall–Kier alpha value is -6.20. The third kappa shape index (κ3) is 30.3. The second-order valence-corrected chi connectivity index (χ2v) is 16.4. The van der Waals surface area contributed by atoms with E-state index in [9.17, 15) is 28.8 Å². The number of aryl methyl sites for hydroxylation is 2. The van der Waals surface area contributed by atoms with Crippen LogP contribution in [0.4, 0.5) is 0 Å². The molecule has 2 saturated heterocycles. The first-order chi connectivity index (χ1) is 33.3. The number of ketones is 1. The molecule has 0 atom stereocenters. The van der Waals surface area contributed by atoms with E-state index in [0.717, 1.165) is 63.7 Å². The van der Waals surface area contributed by atoms with E-state index >= 15 is 0 Å². The van der Waals surface area contributed by atoms with Crippen molar-refractivity contribution in [2.24, 2.45) is 5.73 Å². The molecule has 0 unspecified atom stereocenters. The maximum absolute atomic E-state index is 11.5. The molecule has 376 valence electrons. The van der Waals surface area contributed by atoms with Gasteiger partial charge < -0.3 is 50.8 Å². The highest BCUT2D eigenvalue weighted by atomic mass is 79.9. The normalized spacial score (nSPS) is 11.8. The van der Waals surface area contributed by atoms with Gasteiger partial charge >= 0.3 is 17.9 Å². The molecule has 19 nitrogen and oxygen atoms in total. The highest BCUT2D eigenvalue weighted by Gasteiger charge is 2.10. The van der Waals surface area contributed by atoms with Crippen molar-refractivity contribution in [1.82, 2.24) is 20.6 Å². The van der Waals surface area contributed by atoms with E-state index in [1.165, 1.54) is 36.9 Å².